The van der Waals surface area contributed by atoms with Crippen molar-refractivity contribution in [1.82, 2.24) is 0 Å². The number of thiocarbonyl (C=S) groups is 1. The molecular weight excluding hydrogens is 366 g/mol. The van der Waals surface area contributed by atoms with Crippen molar-refractivity contribution < 1.29 is 14.3 Å². The van der Waals surface area contributed by atoms with E-state index in [-0.39, 0.29) is 5.91 Å². The lowest BCUT2D eigenvalue weighted by Crippen LogP contribution is -2.27. The molecule has 1 heterocycles. The van der Waals surface area contributed by atoms with Crippen molar-refractivity contribution in [1.29, 1.82) is 0 Å². The molecule has 0 saturated carbocycles. The highest BCUT2D eigenvalue weighted by Gasteiger charge is 2.33. The van der Waals surface area contributed by atoms with Crippen molar-refractivity contribution in [3.05, 3.63) is 58.5 Å². The molecule has 0 aromatic heterocycles. The monoisotopic (exact) mass is 385 g/mol. The second-order valence-corrected chi connectivity index (χ2v) is 7.37. The van der Waals surface area contributed by atoms with Gasteiger partial charge in [-0.1, -0.05) is 47.7 Å². The molecule has 1 aliphatic heterocycles. The lowest BCUT2D eigenvalue weighted by Gasteiger charge is -2.14. The Morgan fingerprint density at radius 2 is 1.88 bits per heavy atom. The van der Waals surface area contributed by atoms with Crippen LogP contribution in [-0.2, 0) is 4.79 Å². The molecule has 3 rings (SSSR count). The molecule has 0 bridgehead atoms. The molecule has 1 fully saturated rings. The molecular formula is C20H19NO3S2. The second kappa shape index (κ2) is 7.93. The molecule has 0 N–H and O–H groups in total. The Hall–Kier alpha value is -2.31. The molecule has 6 heteroatoms. The summed E-state index contributed by atoms with van der Waals surface area (Å²) < 4.78 is 11.4. The van der Waals surface area contributed by atoms with Crippen LogP contribution in [0.15, 0.2) is 47.4 Å². The van der Waals surface area contributed by atoms with Crippen molar-refractivity contribution in [2.75, 3.05) is 18.6 Å². The zero-order chi connectivity index (χ0) is 18.7. The standard InChI is InChI=1S/C20H19NO3S2/c1-4-24-17-11-14(7-10-16(17)23-3)12-18-19(22)21(20(25)26-18)15-8-5-13(2)6-9-15/h5-12H,4H2,1-3H3/b18-12-. The van der Waals surface area contributed by atoms with Gasteiger partial charge in [-0.25, -0.2) is 0 Å². The Bertz CT molecular complexity index is 875. The predicted molar refractivity (Wildman–Crippen MR) is 111 cm³/mol. The Labute approximate surface area is 162 Å². The van der Waals surface area contributed by atoms with Gasteiger partial charge in [0.15, 0.2) is 15.8 Å². The predicted octanol–water partition coefficient (Wildman–Crippen LogP) is 4.81. The summed E-state index contributed by atoms with van der Waals surface area (Å²) in [5.41, 5.74) is 2.78. The Balaban J connectivity index is 1.90. The minimum absolute atomic E-state index is 0.113. The first-order valence-electron chi connectivity index (χ1n) is 8.19. The van der Waals surface area contributed by atoms with Crippen molar-refractivity contribution in [3.63, 3.8) is 0 Å². The zero-order valence-electron chi connectivity index (χ0n) is 14.8. The summed E-state index contributed by atoms with van der Waals surface area (Å²) in [6, 6.07) is 13.3. The summed E-state index contributed by atoms with van der Waals surface area (Å²) in [5.74, 6) is 1.20. The van der Waals surface area contributed by atoms with Gasteiger partial charge in [-0.05, 0) is 49.8 Å². The van der Waals surface area contributed by atoms with Crippen LogP contribution in [0.25, 0.3) is 6.08 Å². The summed E-state index contributed by atoms with van der Waals surface area (Å²) in [6.45, 7) is 4.46. The van der Waals surface area contributed by atoms with Crippen molar-refractivity contribution in [2.45, 2.75) is 13.8 Å². The van der Waals surface area contributed by atoms with Gasteiger partial charge in [-0.2, -0.15) is 0 Å². The van der Waals surface area contributed by atoms with E-state index in [9.17, 15) is 4.79 Å². The van der Waals surface area contributed by atoms with Crippen LogP contribution in [0, 0.1) is 6.92 Å². The summed E-state index contributed by atoms with van der Waals surface area (Å²) in [7, 11) is 1.60. The number of ether oxygens (including phenoxy) is 2. The maximum atomic E-state index is 12.8. The van der Waals surface area contributed by atoms with Gasteiger partial charge in [-0.3, -0.25) is 9.69 Å². The number of nitrogens with zero attached hydrogens (tertiary/aromatic N) is 1. The summed E-state index contributed by atoms with van der Waals surface area (Å²) in [6.07, 6.45) is 1.83. The number of carbonyl (C=O) groups is 1. The Morgan fingerprint density at radius 1 is 1.15 bits per heavy atom. The van der Waals surface area contributed by atoms with Gasteiger partial charge < -0.3 is 9.47 Å². The number of benzene rings is 2. The summed E-state index contributed by atoms with van der Waals surface area (Å²) in [5, 5.41) is 0. The molecule has 1 amide bonds. The number of carbonyl (C=O) groups excluding carboxylic acids is 1. The summed E-state index contributed by atoms with van der Waals surface area (Å²) in [4.78, 5) is 15.0. The fraction of sp³-hybridized carbons (Fsp3) is 0.200. The zero-order valence-corrected chi connectivity index (χ0v) is 16.4. The maximum absolute atomic E-state index is 12.8. The normalized spacial score (nSPS) is 15.7. The van der Waals surface area contributed by atoms with Gasteiger partial charge in [0, 0.05) is 0 Å². The molecule has 2 aromatic rings. The second-order valence-electron chi connectivity index (χ2n) is 5.70. The van der Waals surface area contributed by atoms with Gasteiger partial charge >= 0.3 is 0 Å². The van der Waals surface area contributed by atoms with Crippen LogP contribution in [0.3, 0.4) is 0 Å². The Kier molecular flexibility index (Phi) is 5.64. The molecule has 0 aliphatic carbocycles. The quantitative estimate of drug-likeness (QED) is 0.546. The topological polar surface area (TPSA) is 38.8 Å². The Morgan fingerprint density at radius 3 is 2.54 bits per heavy atom. The number of hydrogen-bond donors (Lipinski definition) is 0. The number of hydrogen-bond acceptors (Lipinski definition) is 5. The number of rotatable bonds is 5. The molecule has 134 valence electrons. The highest BCUT2D eigenvalue weighted by molar-refractivity contribution is 8.27. The number of anilines is 1. The summed E-state index contributed by atoms with van der Waals surface area (Å²) >= 11 is 6.72. The smallest absolute Gasteiger partial charge is 0.270 e. The van der Waals surface area contributed by atoms with Gasteiger partial charge in [0.1, 0.15) is 0 Å². The lowest BCUT2D eigenvalue weighted by atomic mass is 10.1. The van der Waals surface area contributed by atoms with Crippen LogP contribution < -0.4 is 14.4 Å². The molecule has 0 spiro atoms. The number of amides is 1. The fourth-order valence-corrected chi connectivity index (χ4v) is 3.89. The van der Waals surface area contributed by atoms with Gasteiger partial charge in [0.25, 0.3) is 5.91 Å². The van der Waals surface area contributed by atoms with Crippen LogP contribution in [0.2, 0.25) is 0 Å². The van der Waals surface area contributed by atoms with Crippen molar-refractivity contribution >= 4 is 46.0 Å². The van der Waals surface area contributed by atoms with E-state index in [2.05, 4.69) is 0 Å². The number of aryl methyl sites for hydroxylation is 1. The minimum atomic E-state index is -0.113. The van der Waals surface area contributed by atoms with Gasteiger partial charge in [-0.15, -0.1) is 0 Å². The van der Waals surface area contributed by atoms with E-state index in [0.717, 1.165) is 16.8 Å². The van der Waals surface area contributed by atoms with Gasteiger partial charge in [0.2, 0.25) is 0 Å². The average molecular weight is 386 g/mol. The highest BCUT2D eigenvalue weighted by Crippen LogP contribution is 2.37. The molecule has 0 radical (unpaired) electrons. The largest absolute Gasteiger partial charge is 0.493 e. The van der Waals surface area contributed by atoms with E-state index >= 15 is 0 Å². The third kappa shape index (κ3) is 3.76. The van der Waals surface area contributed by atoms with Gasteiger partial charge in [0.05, 0.1) is 24.3 Å². The van der Waals surface area contributed by atoms with E-state index in [4.69, 9.17) is 21.7 Å². The molecule has 0 atom stereocenters. The number of methoxy groups -OCH3 is 1. The SMILES string of the molecule is CCOc1cc(/C=C2\SC(=S)N(c3ccc(C)cc3)C2=O)ccc1OC. The minimum Gasteiger partial charge on any atom is -0.493 e. The first-order valence-corrected chi connectivity index (χ1v) is 9.41. The van der Waals surface area contributed by atoms with E-state index in [1.807, 2.05) is 62.4 Å². The molecule has 2 aromatic carbocycles. The fourth-order valence-electron chi connectivity index (χ4n) is 2.59. The average Bonchev–Trinajstić information content (AvgIpc) is 2.90. The number of thioether (sulfide) groups is 1. The van der Waals surface area contributed by atoms with Crippen LogP contribution >= 0.6 is 24.0 Å². The first-order chi connectivity index (χ1) is 12.5. The van der Waals surface area contributed by atoms with Crippen molar-refractivity contribution in [2.24, 2.45) is 0 Å². The van der Waals surface area contributed by atoms with Crippen LogP contribution in [-0.4, -0.2) is 23.9 Å². The third-order valence-corrected chi connectivity index (χ3v) is 5.17. The van der Waals surface area contributed by atoms with E-state index < -0.39 is 0 Å². The molecule has 0 unspecified atom stereocenters. The van der Waals surface area contributed by atoms with Crippen LogP contribution in [0.4, 0.5) is 5.69 Å². The van der Waals surface area contributed by atoms with E-state index in [1.165, 1.54) is 11.8 Å². The third-order valence-electron chi connectivity index (χ3n) is 3.87. The highest BCUT2D eigenvalue weighted by atomic mass is 32.2. The maximum Gasteiger partial charge on any atom is 0.270 e. The lowest BCUT2D eigenvalue weighted by molar-refractivity contribution is -0.113. The van der Waals surface area contributed by atoms with E-state index in [0.29, 0.717) is 27.3 Å². The van der Waals surface area contributed by atoms with Crippen LogP contribution in [0.5, 0.6) is 11.5 Å². The van der Waals surface area contributed by atoms with Crippen LogP contribution in [0.1, 0.15) is 18.1 Å². The molecule has 1 saturated heterocycles. The van der Waals surface area contributed by atoms with E-state index in [1.54, 1.807) is 12.0 Å². The molecule has 26 heavy (non-hydrogen) atoms. The first kappa shape index (κ1) is 18.5. The molecule has 1 aliphatic rings. The molecule has 4 nitrogen and oxygen atoms in total. The van der Waals surface area contributed by atoms with Crippen molar-refractivity contribution in [3.8, 4) is 11.5 Å².